The van der Waals surface area contributed by atoms with Crippen LogP contribution in [0.25, 0.3) is 0 Å². The zero-order valence-electron chi connectivity index (χ0n) is 11.9. The molecule has 1 aromatic rings. The number of ketones is 1. The molecule has 0 aromatic carbocycles. The highest BCUT2D eigenvalue weighted by molar-refractivity contribution is 7.19. The number of nitrogen functional groups attached to an aromatic ring is 1. The topological polar surface area (TPSA) is 58.8 Å². The van der Waals surface area contributed by atoms with Crippen LogP contribution in [0.15, 0.2) is 0 Å². The van der Waals surface area contributed by atoms with E-state index in [0.29, 0.717) is 22.4 Å². The number of thiophene rings is 1. The van der Waals surface area contributed by atoms with Crippen LogP contribution in [0.1, 0.15) is 23.5 Å². The number of rotatable bonds is 3. The molecule has 2 N–H and O–H groups in total. The molecule has 2 heterocycles. The van der Waals surface area contributed by atoms with Crippen LogP contribution in [0.3, 0.4) is 0 Å². The molecule has 1 fully saturated rings. The average Bonchev–Trinajstić information content (AvgIpc) is 2.66. The molecule has 0 saturated carbocycles. The van der Waals surface area contributed by atoms with Gasteiger partial charge in [-0.05, 0) is 14.0 Å². The van der Waals surface area contributed by atoms with Crippen molar-refractivity contribution in [2.45, 2.75) is 19.9 Å². The Morgan fingerprint density at radius 1 is 1.47 bits per heavy atom. The van der Waals surface area contributed by atoms with E-state index in [1.807, 2.05) is 0 Å². The van der Waals surface area contributed by atoms with Crippen molar-refractivity contribution < 1.29 is 9.53 Å². The summed E-state index contributed by atoms with van der Waals surface area (Å²) in [6.07, 6.45) is 0. The third kappa shape index (κ3) is 2.55. The number of hydrogen-bond acceptors (Lipinski definition) is 6. The highest BCUT2D eigenvalue weighted by atomic mass is 32.1. The second-order valence-corrected chi connectivity index (χ2v) is 6.04. The Balaban J connectivity index is 2.39. The summed E-state index contributed by atoms with van der Waals surface area (Å²) in [6, 6.07) is 0.380. The minimum atomic E-state index is -0.00571. The Bertz CT molecular complexity index is 486. The van der Waals surface area contributed by atoms with Crippen molar-refractivity contribution in [3.63, 3.8) is 0 Å². The molecule has 19 heavy (non-hydrogen) atoms. The monoisotopic (exact) mass is 283 g/mol. The molecule has 1 aromatic heterocycles. The first kappa shape index (κ1) is 14.1. The first-order valence-corrected chi connectivity index (χ1v) is 7.19. The van der Waals surface area contributed by atoms with Gasteiger partial charge in [0.1, 0.15) is 5.00 Å². The van der Waals surface area contributed by atoms with E-state index in [0.717, 1.165) is 24.6 Å². The van der Waals surface area contributed by atoms with Crippen LogP contribution in [0.5, 0.6) is 5.75 Å². The Kier molecular flexibility index (Phi) is 4.01. The molecule has 106 valence electrons. The Morgan fingerprint density at radius 3 is 2.68 bits per heavy atom. The lowest BCUT2D eigenvalue weighted by molar-refractivity contribution is 0.102. The second kappa shape index (κ2) is 5.38. The van der Waals surface area contributed by atoms with Gasteiger partial charge < -0.3 is 20.3 Å². The van der Waals surface area contributed by atoms with Gasteiger partial charge in [-0.3, -0.25) is 4.79 Å². The number of carbonyl (C=O) groups is 1. The molecule has 0 aliphatic carbocycles. The summed E-state index contributed by atoms with van der Waals surface area (Å²) in [5, 5.41) is 0.978. The van der Waals surface area contributed by atoms with Crippen LogP contribution in [-0.4, -0.2) is 50.5 Å². The van der Waals surface area contributed by atoms with Gasteiger partial charge >= 0.3 is 0 Å². The molecule has 1 aliphatic rings. The standard InChI is InChI=1S/C13H21N3O2S/c1-8-7-15(3)5-6-16(8)13-11(18-4)10(14)12(19-13)9(2)17/h8H,5-7,14H2,1-4H3. The van der Waals surface area contributed by atoms with Crippen LogP contribution in [0.2, 0.25) is 0 Å². The van der Waals surface area contributed by atoms with Gasteiger partial charge in [0.25, 0.3) is 0 Å². The van der Waals surface area contributed by atoms with Crippen LogP contribution in [0, 0.1) is 0 Å². The van der Waals surface area contributed by atoms with Crippen LogP contribution in [0.4, 0.5) is 10.7 Å². The normalized spacial score (nSPS) is 20.6. The molecule has 1 aliphatic heterocycles. The second-order valence-electron chi connectivity index (χ2n) is 5.04. The summed E-state index contributed by atoms with van der Waals surface area (Å²) in [5.41, 5.74) is 6.50. The van der Waals surface area contributed by atoms with E-state index in [4.69, 9.17) is 10.5 Å². The molecule has 6 heteroatoms. The lowest BCUT2D eigenvalue weighted by atomic mass is 10.2. The fourth-order valence-corrected chi connectivity index (χ4v) is 3.72. The first-order chi connectivity index (χ1) is 8.95. The number of likely N-dealkylation sites (N-methyl/N-ethyl adjacent to an activating group) is 1. The molecular formula is C13H21N3O2S. The number of methoxy groups -OCH3 is 1. The molecule has 0 radical (unpaired) electrons. The van der Waals surface area contributed by atoms with Crippen molar-refractivity contribution >= 4 is 27.8 Å². The number of anilines is 2. The molecule has 0 bridgehead atoms. The maximum atomic E-state index is 11.6. The maximum Gasteiger partial charge on any atom is 0.177 e. The van der Waals surface area contributed by atoms with Crippen molar-refractivity contribution in [1.29, 1.82) is 0 Å². The average molecular weight is 283 g/mol. The highest BCUT2D eigenvalue weighted by Crippen LogP contribution is 2.45. The fraction of sp³-hybridized carbons (Fsp3) is 0.615. The third-order valence-electron chi connectivity index (χ3n) is 3.50. The smallest absolute Gasteiger partial charge is 0.177 e. The zero-order valence-corrected chi connectivity index (χ0v) is 12.7. The molecule has 0 amide bonds. The quantitative estimate of drug-likeness (QED) is 0.855. The van der Waals surface area contributed by atoms with E-state index in [1.165, 1.54) is 11.3 Å². The van der Waals surface area contributed by atoms with Gasteiger partial charge in [-0.1, -0.05) is 0 Å². The SMILES string of the molecule is COc1c(N2CCN(C)CC2C)sc(C(C)=O)c1N. The third-order valence-corrected chi connectivity index (χ3v) is 4.82. The first-order valence-electron chi connectivity index (χ1n) is 6.38. The number of ether oxygens (including phenoxy) is 1. The van der Waals surface area contributed by atoms with Gasteiger partial charge in [-0.25, -0.2) is 0 Å². The van der Waals surface area contributed by atoms with E-state index in [1.54, 1.807) is 14.0 Å². The summed E-state index contributed by atoms with van der Waals surface area (Å²) in [6.45, 7) is 6.64. The van der Waals surface area contributed by atoms with Crippen molar-refractivity contribution in [3.8, 4) is 5.75 Å². The molecular weight excluding hydrogens is 262 g/mol. The zero-order chi connectivity index (χ0) is 14.2. The van der Waals surface area contributed by atoms with E-state index >= 15 is 0 Å². The fourth-order valence-electron chi connectivity index (χ4n) is 2.51. The van der Waals surface area contributed by atoms with Crippen molar-refractivity contribution in [1.82, 2.24) is 4.90 Å². The number of carbonyl (C=O) groups excluding carboxylic acids is 1. The Morgan fingerprint density at radius 2 is 2.16 bits per heavy atom. The minimum Gasteiger partial charge on any atom is -0.492 e. The van der Waals surface area contributed by atoms with E-state index in [-0.39, 0.29) is 5.78 Å². The van der Waals surface area contributed by atoms with Gasteiger partial charge in [0.2, 0.25) is 0 Å². The van der Waals surface area contributed by atoms with Crippen LogP contribution < -0.4 is 15.4 Å². The maximum absolute atomic E-state index is 11.6. The van der Waals surface area contributed by atoms with Gasteiger partial charge in [-0.15, -0.1) is 11.3 Å². The van der Waals surface area contributed by atoms with Crippen molar-refractivity contribution in [3.05, 3.63) is 4.88 Å². The summed E-state index contributed by atoms with van der Waals surface area (Å²) in [4.78, 5) is 16.8. The molecule has 1 atom stereocenters. The Labute approximate surface area is 117 Å². The number of hydrogen-bond donors (Lipinski definition) is 1. The van der Waals surface area contributed by atoms with E-state index < -0.39 is 0 Å². The van der Waals surface area contributed by atoms with Gasteiger partial charge in [-0.2, -0.15) is 0 Å². The lowest BCUT2D eigenvalue weighted by Crippen LogP contribution is -2.50. The summed E-state index contributed by atoms with van der Waals surface area (Å²) in [7, 11) is 3.72. The van der Waals surface area contributed by atoms with Gasteiger partial charge in [0.15, 0.2) is 11.5 Å². The number of nitrogens with two attached hydrogens (primary N) is 1. The molecule has 0 spiro atoms. The van der Waals surface area contributed by atoms with Gasteiger partial charge in [0.05, 0.1) is 17.7 Å². The molecule has 5 nitrogen and oxygen atoms in total. The molecule has 2 rings (SSSR count). The number of nitrogens with zero attached hydrogens (tertiary/aromatic N) is 2. The molecule has 1 unspecified atom stereocenters. The molecule has 1 saturated heterocycles. The highest BCUT2D eigenvalue weighted by Gasteiger charge is 2.29. The summed E-state index contributed by atoms with van der Waals surface area (Å²) in [5.74, 6) is 0.639. The van der Waals surface area contributed by atoms with Crippen LogP contribution in [-0.2, 0) is 0 Å². The van der Waals surface area contributed by atoms with Crippen molar-refractivity contribution in [2.75, 3.05) is 44.4 Å². The predicted molar refractivity (Wildman–Crippen MR) is 79.6 cm³/mol. The Hall–Kier alpha value is -1.27. The largest absolute Gasteiger partial charge is 0.492 e. The predicted octanol–water partition coefficient (Wildman–Crippen LogP) is 1.68. The minimum absolute atomic E-state index is 0.00571. The van der Waals surface area contributed by atoms with E-state index in [2.05, 4.69) is 23.8 Å². The van der Waals surface area contributed by atoms with Crippen LogP contribution >= 0.6 is 11.3 Å². The number of Topliss-reactive ketones (excluding diaryl/α,β-unsaturated/α-hetero) is 1. The van der Waals surface area contributed by atoms with E-state index in [9.17, 15) is 4.79 Å². The number of piperazine rings is 1. The summed E-state index contributed by atoms with van der Waals surface area (Å²) >= 11 is 1.44. The van der Waals surface area contributed by atoms with Gasteiger partial charge in [0, 0.05) is 32.6 Å². The van der Waals surface area contributed by atoms with Crippen molar-refractivity contribution in [2.24, 2.45) is 0 Å². The summed E-state index contributed by atoms with van der Waals surface area (Å²) < 4.78 is 5.41. The lowest BCUT2D eigenvalue weighted by Gasteiger charge is -2.39.